The molecule has 4 nitrogen and oxygen atoms in total. The van der Waals surface area contributed by atoms with Crippen molar-refractivity contribution in [2.75, 3.05) is 26.2 Å². The highest BCUT2D eigenvalue weighted by Gasteiger charge is 2.34. The predicted octanol–water partition coefficient (Wildman–Crippen LogP) is 4.73. The van der Waals surface area contributed by atoms with Gasteiger partial charge in [-0.2, -0.15) is 0 Å². The number of carbonyl (C=O) groups is 1. The molecule has 0 aromatic heterocycles. The summed E-state index contributed by atoms with van der Waals surface area (Å²) in [5.41, 5.74) is 8.93. The SMILES string of the molecule is CC1(C)CN(Cc2ccccc2)CCC1=O.CC1(C)CN(Cc2ccccc2)CCC1N. The zero-order valence-electron chi connectivity index (χ0n) is 20.4. The quantitative estimate of drug-likeness (QED) is 0.754. The summed E-state index contributed by atoms with van der Waals surface area (Å²) in [6.45, 7) is 14.7. The zero-order valence-corrected chi connectivity index (χ0v) is 20.4. The van der Waals surface area contributed by atoms with Crippen molar-refractivity contribution in [1.82, 2.24) is 9.80 Å². The minimum atomic E-state index is -0.174. The van der Waals surface area contributed by atoms with Gasteiger partial charge in [0.1, 0.15) is 5.78 Å². The molecule has 0 radical (unpaired) electrons. The van der Waals surface area contributed by atoms with Gasteiger partial charge < -0.3 is 5.73 Å². The first-order valence-corrected chi connectivity index (χ1v) is 12.0. The number of likely N-dealkylation sites (tertiary alicyclic amines) is 2. The van der Waals surface area contributed by atoms with Crippen LogP contribution < -0.4 is 5.73 Å². The van der Waals surface area contributed by atoms with Crippen LogP contribution in [0.1, 0.15) is 51.7 Å². The summed E-state index contributed by atoms with van der Waals surface area (Å²) >= 11 is 0. The lowest BCUT2D eigenvalue weighted by atomic mass is 9.79. The predicted molar refractivity (Wildman–Crippen MR) is 133 cm³/mol. The lowest BCUT2D eigenvalue weighted by Gasteiger charge is -2.42. The normalized spacial score (nSPS) is 23.3. The third kappa shape index (κ3) is 6.99. The van der Waals surface area contributed by atoms with Gasteiger partial charge in [0.2, 0.25) is 0 Å². The van der Waals surface area contributed by atoms with Crippen LogP contribution in [0.15, 0.2) is 60.7 Å². The Morgan fingerprint density at radius 1 is 0.812 bits per heavy atom. The Balaban J connectivity index is 0.000000181. The first-order chi connectivity index (χ1) is 15.2. The van der Waals surface area contributed by atoms with Crippen LogP contribution in [0.4, 0.5) is 0 Å². The first kappa shape index (κ1) is 24.6. The van der Waals surface area contributed by atoms with E-state index in [9.17, 15) is 4.79 Å². The number of Topliss-reactive ketones (excluding diaryl/α,β-unsaturated/α-hetero) is 1. The van der Waals surface area contributed by atoms with Gasteiger partial charge in [-0.05, 0) is 23.0 Å². The summed E-state index contributed by atoms with van der Waals surface area (Å²) in [5, 5.41) is 0. The van der Waals surface area contributed by atoms with Crippen molar-refractivity contribution < 1.29 is 4.79 Å². The molecule has 0 amide bonds. The van der Waals surface area contributed by atoms with Gasteiger partial charge in [0.15, 0.2) is 0 Å². The fourth-order valence-electron chi connectivity index (χ4n) is 4.76. The van der Waals surface area contributed by atoms with E-state index in [4.69, 9.17) is 5.73 Å². The molecule has 4 rings (SSSR count). The van der Waals surface area contributed by atoms with Crippen LogP contribution in [-0.2, 0) is 17.9 Å². The highest BCUT2D eigenvalue weighted by molar-refractivity contribution is 5.85. The summed E-state index contributed by atoms with van der Waals surface area (Å²) in [5.74, 6) is 0.400. The van der Waals surface area contributed by atoms with E-state index in [-0.39, 0.29) is 10.8 Å². The van der Waals surface area contributed by atoms with Crippen molar-refractivity contribution in [2.24, 2.45) is 16.6 Å². The van der Waals surface area contributed by atoms with Gasteiger partial charge in [-0.1, -0.05) is 88.4 Å². The average Bonchev–Trinajstić information content (AvgIpc) is 2.75. The first-order valence-electron chi connectivity index (χ1n) is 12.0. The number of ketones is 1. The lowest BCUT2D eigenvalue weighted by molar-refractivity contribution is -0.131. The molecule has 174 valence electrons. The monoisotopic (exact) mass is 435 g/mol. The number of rotatable bonds is 4. The van der Waals surface area contributed by atoms with Crippen LogP contribution in [0.5, 0.6) is 0 Å². The third-order valence-electron chi connectivity index (χ3n) is 6.92. The Bertz CT molecular complexity index is 847. The Labute approximate surface area is 194 Å². The van der Waals surface area contributed by atoms with Gasteiger partial charge in [-0.15, -0.1) is 0 Å². The molecule has 2 heterocycles. The second-order valence-corrected chi connectivity index (χ2v) is 10.8. The van der Waals surface area contributed by atoms with E-state index in [0.717, 1.165) is 45.7 Å². The molecule has 2 N–H and O–H groups in total. The molecule has 2 fully saturated rings. The third-order valence-corrected chi connectivity index (χ3v) is 6.92. The van der Waals surface area contributed by atoms with E-state index in [0.29, 0.717) is 18.2 Å². The largest absolute Gasteiger partial charge is 0.327 e. The summed E-state index contributed by atoms with van der Waals surface area (Å²) in [6, 6.07) is 21.5. The Hall–Kier alpha value is -2.01. The number of nitrogens with two attached hydrogens (primary N) is 1. The molecule has 2 aliphatic rings. The van der Waals surface area contributed by atoms with E-state index in [2.05, 4.69) is 78.2 Å². The number of nitrogens with zero attached hydrogens (tertiary/aromatic N) is 2. The number of hydrogen-bond donors (Lipinski definition) is 1. The number of hydrogen-bond acceptors (Lipinski definition) is 4. The van der Waals surface area contributed by atoms with E-state index in [1.54, 1.807) is 0 Å². The minimum Gasteiger partial charge on any atom is -0.327 e. The Kier molecular flexibility index (Phi) is 8.26. The molecule has 4 heteroatoms. The van der Waals surface area contributed by atoms with E-state index in [1.807, 2.05) is 19.9 Å². The molecule has 0 saturated carbocycles. The van der Waals surface area contributed by atoms with Gasteiger partial charge in [-0.25, -0.2) is 0 Å². The molecule has 2 aromatic carbocycles. The average molecular weight is 436 g/mol. The van der Waals surface area contributed by atoms with Crippen molar-refractivity contribution in [3.8, 4) is 0 Å². The topological polar surface area (TPSA) is 49.6 Å². The molecule has 2 aromatic rings. The summed E-state index contributed by atoms with van der Waals surface area (Å²) in [6.07, 6.45) is 1.81. The minimum absolute atomic E-state index is 0.174. The number of benzene rings is 2. The van der Waals surface area contributed by atoms with E-state index in [1.165, 1.54) is 11.1 Å². The standard InChI is InChI=1S/C14H22N2.C14H19NO/c1-14(2)11-16(9-8-13(14)15)10-12-6-4-3-5-7-12;1-14(2)11-15(9-8-13(14)16)10-12-6-4-3-5-7-12/h3-7,13H,8-11,15H2,1-2H3;3-7H,8-11H2,1-2H3. The maximum atomic E-state index is 11.7. The second-order valence-electron chi connectivity index (χ2n) is 10.8. The van der Waals surface area contributed by atoms with Crippen LogP contribution in [-0.4, -0.2) is 47.8 Å². The molecule has 1 unspecified atom stereocenters. The molecule has 32 heavy (non-hydrogen) atoms. The van der Waals surface area contributed by atoms with Gasteiger partial charge >= 0.3 is 0 Å². The van der Waals surface area contributed by atoms with Crippen LogP contribution in [0, 0.1) is 10.8 Å². The highest BCUT2D eigenvalue weighted by atomic mass is 16.1. The Morgan fingerprint density at radius 2 is 1.31 bits per heavy atom. The van der Waals surface area contributed by atoms with Crippen molar-refractivity contribution in [1.29, 1.82) is 0 Å². The van der Waals surface area contributed by atoms with Crippen molar-refractivity contribution >= 4 is 5.78 Å². The number of carbonyl (C=O) groups excluding carboxylic acids is 1. The van der Waals surface area contributed by atoms with Crippen LogP contribution >= 0.6 is 0 Å². The van der Waals surface area contributed by atoms with E-state index >= 15 is 0 Å². The van der Waals surface area contributed by atoms with Gasteiger partial charge in [-0.3, -0.25) is 14.6 Å². The maximum absolute atomic E-state index is 11.7. The molecule has 2 aliphatic heterocycles. The number of piperidine rings is 2. The molecule has 2 saturated heterocycles. The smallest absolute Gasteiger partial charge is 0.141 e. The van der Waals surface area contributed by atoms with Crippen LogP contribution in [0.2, 0.25) is 0 Å². The zero-order chi connectivity index (χ0) is 23.2. The Morgan fingerprint density at radius 3 is 1.78 bits per heavy atom. The molecule has 0 aliphatic carbocycles. The molecular formula is C28H41N3O. The second kappa shape index (κ2) is 10.7. The summed E-state index contributed by atoms with van der Waals surface area (Å²) in [7, 11) is 0. The van der Waals surface area contributed by atoms with Gasteiger partial charge in [0.25, 0.3) is 0 Å². The molecular weight excluding hydrogens is 394 g/mol. The maximum Gasteiger partial charge on any atom is 0.141 e. The van der Waals surface area contributed by atoms with Gasteiger partial charge in [0.05, 0.1) is 0 Å². The van der Waals surface area contributed by atoms with Crippen LogP contribution in [0.25, 0.3) is 0 Å². The van der Waals surface area contributed by atoms with Crippen LogP contribution in [0.3, 0.4) is 0 Å². The fourth-order valence-corrected chi connectivity index (χ4v) is 4.76. The molecule has 1 atom stereocenters. The highest BCUT2D eigenvalue weighted by Crippen LogP contribution is 2.28. The van der Waals surface area contributed by atoms with Crippen molar-refractivity contribution in [2.45, 2.75) is 59.7 Å². The van der Waals surface area contributed by atoms with Gasteiger partial charge in [0, 0.05) is 57.1 Å². The van der Waals surface area contributed by atoms with E-state index < -0.39 is 0 Å². The summed E-state index contributed by atoms with van der Waals surface area (Å²) in [4.78, 5) is 16.6. The molecule has 0 bridgehead atoms. The lowest BCUT2D eigenvalue weighted by Crippen LogP contribution is -2.52. The van der Waals surface area contributed by atoms with Crippen molar-refractivity contribution in [3.05, 3.63) is 71.8 Å². The fraction of sp³-hybridized carbons (Fsp3) is 0.536. The van der Waals surface area contributed by atoms with Crippen molar-refractivity contribution in [3.63, 3.8) is 0 Å². The molecule has 0 spiro atoms. The summed E-state index contributed by atoms with van der Waals surface area (Å²) < 4.78 is 0.